The molecule has 0 spiro atoms. The highest BCUT2D eigenvalue weighted by atomic mass is 16.4. The van der Waals surface area contributed by atoms with Crippen molar-refractivity contribution in [2.45, 2.75) is 63.7 Å². The van der Waals surface area contributed by atoms with Crippen LogP contribution in [0.1, 0.15) is 37.9 Å². The van der Waals surface area contributed by atoms with Crippen molar-refractivity contribution in [3.63, 3.8) is 0 Å². The van der Waals surface area contributed by atoms with E-state index in [-0.39, 0.29) is 18.8 Å². The molecule has 0 aliphatic carbocycles. The Hall–Kier alpha value is -4.72. The van der Waals surface area contributed by atoms with Gasteiger partial charge in [-0.15, -0.1) is 0 Å². The highest BCUT2D eigenvalue weighted by molar-refractivity contribution is 5.96. The average molecular weight is 570 g/mol. The number of rotatable bonds is 15. The van der Waals surface area contributed by atoms with Crippen LogP contribution in [0.15, 0.2) is 43.0 Å². The minimum atomic E-state index is -1.63. The van der Waals surface area contributed by atoms with Crippen molar-refractivity contribution in [3.05, 3.63) is 54.2 Å². The zero-order chi connectivity index (χ0) is 30.1. The number of carbonyl (C=O) groups is 5. The average Bonchev–Trinajstić information content (AvgIpc) is 3.60. The van der Waals surface area contributed by atoms with E-state index in [1.165, 1.54) is 12.5 Å². The first-order valence-electron chi connectivity index (χ1n) is 13.1. The van der Waals surface area contributed by atoms with Gasteiger partial charge in [-0.1, -0.05) is 38.5 Å². The van der Waals surface area contributed by atoms with E-state index in [0.717, 1.165) is 10.9 Å². The second-order valence-corrected chi connectivity index (χ2v) is 9.88. The summed E-state index contributed by atoms with van der Waals surface area (Å²) in [6, 6.07) is 2.17. The van der Waals surface area contributed by atoms with Crippen molar-refractivity contribution in [1.82, 2.24) is 30.9 Å². The molecule has 0 bridgehead atoms. The number of benzene rings is 1. The lowest BCUT2D eigenvalue weighted by Crippen LogP contribution is -2.58. The summed E-state index contributed by atoms with van der Waals surface area (Å²) >= 11 is 0. The van der Waals surface area contributed by atoms with Gasteiger partial charge in [-0.3, -0.25) is 19.2 Å². The summed E-state index contributed by atoms with van der Waals surface area (Å²) in [7, 11) is 0. The summed E-state index contributed by atoms with van der Waals surface area (Å²) in [5.41, 5.74) is 8.02. The fourth-order valence-corrected chi connectivity index (χ4v) is 4.25. The second-order valence-electron chi connectivity index (χ2n) is 9.88. The van der Waals surface area contributed by atoms with Gasteiger partial charge in [-0.2, -0.15) is 0 Å². The highest BCUT2D eigenvalue weighted by Crippen LogP contribution is 2.19. The van der Waals surface area contributed by atoms with E-state index >= 15 is 0 Å². The smallest absolute Gasteiger partial charge is 0.326 e. The molecule has 0 aliphatic rings. The van der Waals surface area contributed by atoms with Gasteiger partial charge in [0.05, 0.1) is 18.8 Å². The second kappa shape index (κ2) is 14.1. The van der Waals surface area contributed by atoms with Crippen LogP contribution in [0, 0.1) is 5.92 Å². The normalized spacial score (nSPS) is 14.8. The van der Waals surface area contributed by atoms with Crippen LogP contribution in [0.3, 0.4) is 0 Å². The molecule has 3 rings (SSSR count). The van der Waals surface area contributed by atoms with Gasteiger partial charge in [-0.05, 0) is 17.5 Å². The topological polar surface area (TPSA) is 232 Å². The third-order valence-electron chi connectivity index (χ3n) is 6.90. The number of H-pyrrole nitrogens is 2. The molecule has 0 aliphatic heterocycles. The van der Waals surface area contributed by atoms with E-state index in [1.54, 1.807) is 13.1 Å². The molecule has 0 saturated carbocycles. The van der Waals surface area contributed by atoms with E-state index in [2.05, 4.69) is 30.9 Å². The zero-order valence-corrected chi connectivity index (χ0v) is 22.7. The standard InChI is InChI=1S/C27H35N7O7/c1-3-14(2)23(28)26(39)33-19(8-15-11-30-18-7-5-4-6-17(15)18)24(37)32-20(10-22(35)36)25(38)34-21(27(40)41)9-16-12-29-13-31-16/h4-7,11-14,19-21,23,30H,3,8-10,28H2,1-2H3,(H,29,31)(H,32,37)(H,33,39)(H,34,38)(H,35,36)(H,40,41). The molecule has 41 heavy (non-hydrogen) atoms. The number of imidazole rings is 1. The van der Waals surface area contributed by atoms with Crippen LogP contribution in [-0.2, 0) is 36.8 Å². The van der Waals surface area contributed by atoms with Gasteiger partial charge >= 0.3 is 11.9 Å². The minimum Gasteiger partial charge on any atom is -0.481 e. The van der Waals surface area contributed by atoms with Crippen LogP contribution in [-0.4, -0.2) is 79.0 Å². The number of carbonyl (C=O) groups excluding carboxylic acids is 3. The maximum Gasteiger partial charge on any atom is 0.326 e. The molecule has 0 saturated heterocycles. The summed E-state index contributed by atoms with van der Waals surface area (Å²) in [5, 5.41) is 27.1. The van der Waals surface area contributed by atoms with Crippen molar-refractivity contribution in [1.29, 1.82) is 0 Å². The predicted molar refractivity (Wildman–Crippen MR) is 147 cm³/mol. The Morgan fingerprint density at radius 2 is 1.59 bits per heavy atom. The summed E-state index contributed by atoms with van der Waals surface area (Å²) in [6.45, 7) is 3.67. The molecule has 3 aromatic rings. The third-order valence-corrected chi connectivity index (χ3v) is 6.90. The Morgan fingerprint density at radius 1 is 0.927 bits per heavy atom. The van der Waals surface area contributed by atoms with Gasteiger partial charge in [0.1, 0.15) is 18.1 Å². The minimum absolute atomic E-state index is 0.00774. The Bertz CT molecular complexity index is 1370. The molecular weight excluding hydrogens is 534 g/mol. The van der Waals surface area contributed by atoms with Gasteiger partial charge in [0, 0.05) is 41.8 Å². The summed E-state index contributed by atoms with van der Waals surface area (Å²) in [6.07, 6.45) is 4.08. The lowest BCUT2D eigenvalue weighted by Gasteiger charge is -2.25. The van der Waals surface area contributed by atoms with Crippen LogP contribution in [0.25, 0.3) is 10.9 Å². The molecule has 220 valence electrons. The van der Waals surface area contributed by atoms with Crippen molar-refractivity contribution < 1.29 is 34.2 Å². The monoisotopic (exact) mass is 569 g/mol. The SMILES string of the molecule is CCC(C)C(N)C(=O)NC(Cc1c[nH]c2ccccc12)C(=O)NC(CC(=O)O)C(=O)NC(Cc1cnc[nH]1)C(=O)O. The van der Waals surface area contributed by atoms with E-state index in [0.29, 0.717) is 17.7 Å². The van der Waals surface area contributed by atoms with E-state index < -0.39 is 60.2 Å². The van der Waals surface area contributed by atoms with E-state index in [4.69, 9.17) is 5.73 Å². The molecule has 1 aromatic carbocycles. The number of amides is 3. The van der Waals surface area contributed by atoms with E-state index in [1.807, 2.05) is 31.2 Å². The number of hydrogen-bond donors (Lipinski definition) is 8. The van der Waals surface area contributed by atoms with Crippen LogP contribution in [0.4, 0.5) is 0 Å². The van der Waals surface area contributed by atoms with Gasteiger partial charge in [0.2, 0.25) is 17.7 Å². The molecule has 14 heteroatoms. The lowest BCUT2D eigenvalue weighted by molar-refractivity contribution is -0.143. The summed E-state index contributed by atoms with van der Waals surface area (Å²) in [4.78, 5) is 72.5. The van der Waals surface area contributed by atoms with Gasteiger partial charge in [0.15, 0.2) is 0 Å². The fraction of sp³-hybridized carbons (Fsp3) is 0.407. The summed E-state index contributed by atoms with van der Waals surface area (Å²) in [5.74, 6) is -5.37. The third kappa shape index (κ3) is 8.38. The zero-order valence-electron chi connectivity index (χ0n) is 22.7. The quantitative estimate of drug-likeness (QED) is 0.123. The predicted octanol–water partition coefficient (Wildman–Crippen LogP) is 0.0633. The maximum absolute atomic E-state index is 13.5. The first-order valence-corrected chi connectivity index (χ1v) is 13.1. The first-order chi connectivity index (χ1) is 19.5. The number of aromatic nitrogens is 3. The molecule has 3 amide bonds. The molecule has 14 nitrogen and oxygen atoms in total. The van der Waals surface area contributed by atoms with Crippen LogP contribution >= 0.6 is 0 Å². The molecular formula is C27H35N7O7. The molecule has 5 atom stereocenters. The van der Waals surface area contributed by atoms with Crippen LogP contribution < -0.4 is 21.7 Å². The Morgan fingerprint density at radius 3 is 2.22 bits per heavy atom. The number of carboxylic acid groups (broad SMARTS) is 2. The van der Waals surface area contributed by atoms with E-state index in [9.17, 15) is 34.2 Å². The molecule has 0 fully saturated rings. The highest BCUT2D eigenvalue weighted by Gasteiger charge is 2.33. The Labute approximate surface area is 235 Å². The van der Waals surface area contributed by atoms with Gasteiger partial charge in [0.25, 0.3) is 0 Å². The van der Waals surface area contributed by atoms with Crippen molar-refractivity contribution in [3.8, 4) is 0 Å². The lowest BCUT2D eigenvalue weighted by atomic mass is 9.98. The maximum atomic E-state index is 13.5. The number of nitrogens with one attached hydrogen (secondary N) is 5. The number of carboxylic acids is 2. The number of aliphatic carboxylic acids is 2. The van der Waals surface area contributed by atoms with Gasteiger partial charge < -0.3 is 41.9 Å². The largest absolute Gasteiger partial charge is 0.481 e. The number of aromatic amines is 2. The fourth-order valence-electron chi connectivity index (χ4n) is 4.25. The van der Waals surface area contributed by atoms with Gasteiger partial charge in [-0.25, -0.2) is 9.78 Å². The van der Waals surface area contributed by atoms with Crippen LogP contribution in [0.2, 0.25) is 0 Å². The van der Waals surface area contributed by atoms with Crippen molar-refractivity contribution in [2.75, 3.05) is 0 Å². The Kier molecular flexibility index (Phi) is 10.6. The number of nitrogens with zero attached hydrogens (tertiary/aromatic N) is 1. The van der Waals surface area contributed by atoms with Crippen LogP contribution in [0.5, 0.6) is 0 Å². The number of fused-ring (bicyclic) bond motifs is 1. The van der Waals surface area contributed by atoms with Crippen molar-refractivity contribution >= 4 is 40.6 Å². The number of hydrogen-bond acceptors (Lipinski definition) is 7. The first kappa shape index (κ1) is 30.8. The molecule has 9 N–H and O–H groups in total. The number of para-hydroxylation sites is 1. The summed E-state index contributed by atoms with van der Waals surface area (Å²) < 4.78 is 0. The molecule has 2 aromatic heterocycles. The Balaban J connectivity index is 1.83. The number of nitrogens with two attached hydrogens (primary N) is 1. The molecule has 5 unspecified atom stereocenters. The molecule has 0 radical (unpaired) electrons. The molecule has 2 heterocycles. The van der Waals surface area contributed by atoms with Crippen molar-refractivity contribution in [2.24, 2.45) is 11.7 Å².